The number of methoxy groups -OCH3 is 1. The van der Waals surface area contributed by atoms with Crippen LogP contribution in [0, 0.1) is 13.8 Å². The average molecular weight is 379 g/mol. The van der Waals surface area contributed by atoms with Crippen LogP contribution in [0.25, 0.3) is 5.69 Å². The molecule has 0 unspecified atom stereocenters. The molecule has 0 atom stereocenters. The molecule has 0 saturated carbocycles. The number of carbonyl (C=O) groups is 1. The Morgan fingerprint density at radius 3 is 2.39 bits per heavy atom. The highest BCUT2D eigenvalue weighted by molar-refractivity contribution is 5.90. The summed E-state index contributed by atoms with van der Waals surface area (Å²) in [7, 11) is 1.52. The smallest absolute Gasteiger partial charge is 0.320 e. The lowest BCUT2D eigenvalue weighted by Gasteiger charge is -2.11. The Labute approximate surface area is 161 Å². The molecule has 1 aromatic heterocycles. The van der Waals surface area contributed by atoms with E-state index >= 15 is 0 Å². The van der Waals surface area contributed by atoms with Gasteiger partial charge in [-0.05, 0) is 49.2 Å². The standard InChI is InChI=1S/C21H21N3O4/c1-14-9-15(2)11-16(10-14)22-19(25)13-23-7-8-24(21(27)20(23)26)17-5-4-6-18(12-17)28-3/h4-12H,13H2,1-3H3,(H,22,25). The molecule has 0 aliphatic heterocycles. The summed E-state index contributed by atoms with van der Waals surface area (Å²) in [5.41, 5.74) is 1.69. The summed E-state index contributed by atoms with van der Waals surface area (Å²) < 4.78 is 7.46. The predicted octanol–water partition coefficient (Wildman–Crippen LogP) is 2.26. The summed E-state index contributed by atoms with van der Waals surface area (Å²) in [6.45, 7) is 3.62. The van der Waals surface area contributed by atoms with Crippen molar-refractivity contribution in [1.29, 1.82) is 0 Å². The molecule has 0 spiro atoms. The first kappa shape index (κ1) is 19.2. The molecule has 3 rings (SSSR count). The van der Waals surface area contributed by atoms with E-state index in [1.54, 1.807) is 24.3 Å². The number of nitrogens with one attached hydrogen (secondary N) is 1. The van der Waals surface area contributed by atoms with Crippen molar-refractivity contribution in [2.75, 3.05) is 12.4 Å². The quantitative estimate of drug-likeness (QED) is 0.690. The zero-order chi connectivity index (χ0) is 20.3. The lowest BCUT2D eigenvalue weighted by molar-refractivity contribution is -0.116. The first-order chi connectivity index (χ1) is 13.4. The zero-order valence-electron chi connectivity index (χ0n) is 15.9. The highest BCUT2D eigenvalue weighted by atomic mass is 16.5. The van der Waals surface area contributed by atoms with Crippen LogP contribution < -0.4 is 21.2 Å². The number of anilines is 1. The van der Waals surface area contributed by atoms with Crippen molar-refractivity contribution in [1.82, 2.24) is 9.13 Å². The molecular weight excluding hydrogens is 358 g/mol. The van der Waals surface area contributed by atoms with Crippen LogP contribution in [0.2, 0.25) is 0 Å². The second-order valence-corrected chi connectivity index (χ2v) is 6.53. The summed E-state index contributed by atoms with van der Waals surface area (Å²) in [5, 5.41) is 2.76. The van der Waals surface area contributed by atoms with Gasteiger partial charge in [0.2, 0.25) is 5.91 Å². The molecule has 2 aromatic carbocycles. The van der Waals surface area contributed by atoms with Gasteiger partial charge in [0.25, 0.3) is 0 Å². The number of rotatable bonds is 5. The summed E-state index contributed by atoms with van der Waals surface area (Å²) >= 11 is 0. The molecular formula is C21H21N3O4. The van der Waals surface area contributed by atoms with Gasteiger partial charge in [0.15, 0.2) is 0 Å². The minimum absolute atomic E-state index is 0.250. The first-order valence-electron chi connectivity index (χ1n) is 8.72. The summed E-state index contributed by atoms with van der Waals surface area (Å²) in [6.07, 6.45) is 2.88. The van der Waals surface area contributed by atoms with Gasteiger partial charge in [0.1, 0.15) is 12.3 Å². The zero-order valence-corrected chi connectivity index (χ0v) is 15.9. The Morgan fingerprint density at radius 2 is 1.71 bits per heavy atom. The third-order valence-electron chi connectivity index (χ3n) is 4.21. The molecule has 0 fully saturated rings. The number of carbonyl (C=O) groups excluding carboxylic acids is 1. The Bertz CT molecular complexity index is 1120. The van der Waals surface area contributed by atoms with Crippen LogP contribution >= 0.6 is 0 Å². The summed E-state index contributed by atoms with van der Waals surface area (Å²) in [4.78, 5) is 37.2. The van der Waals surface area contributed by atoms with Crippen LogP contribution in [-0.4, -0.2) is 22.2 Å². The molecule has 7 nitrogen and oxygen atoms in total. The minimum atomic E-state index is -0.777. The number of hydrogen-bond acceptors (Lipinski definition) is 4. The normalized spacial score (nSPS) is 10.5. The molecule has 0 aliphatic carbocycles. The Hall–Kier alpha value is -3.61. The van der Waals surface area contributed by atoms with Gasteiger partial charge >= 0.3 is 11.1 Å². The van der Waals surface area contributed by atoms with Crippen molar-refractivity contribution in [2.24, 2.45) is 0 Å². The van der Waals surface area contributed by atoms with Crippen molar-refractivity contribution in [2.45, 2.75) is 20.4 Å². The molecule has 28 heavy (non-hydrogen) atoms. The lowest BCUT2D eigenvalue weighted by Crippen LogP contribution is -2.41. The Balaban J connectivity index is 1.83. The fraction of sp³-hybridized carbons (Fsp3) is 0.190. The van der Waals surface area contributed by atoms with Crippen molar-refractivity contribution < 1.29 is 9.53 Å². The molecule has 3 aromatic rings. The SMILES string of the molecule is COc1cccc(-n2ccn(CC(=O)Nc3cc(C)cc(C)c3)c(=O)c2=O)c1. The maximum atomic E-state index is 12.5. The Kier molecular flexibility index (Phi) is 5.44. The number of ether oxygens (including phenoxy) is 1. The molecule has 144 valence electrons. The fourth-order valence-corrected chi connectivity index (χ4v) is 3.00. The van der Waals surface area contributed by atoms with Crippen LogP contribution in [0.4, 0.5) is 5.69 Å². The molecule has 1 heterocycles. The fourth-order valence-electron chi connectivity index (χ4n) is 3.00. The molecule has 0 bridgehead atoms. The number of aromatic nitrogens is 2. The van der Waals surface area contributed by atoms with Crippen molar-refractivity contribution in [3.05, 3.63) is 86.7 Å². The monoisotopic (exact) mass is 379 g/mol. The molecule has 1 N–H and O–H groups in total. The van der Waals surface area contributed by atoms with E-state index < -0.39 is 11.1 Å². The van der Waals surface area contributed by atoms with E-state index in [-0.39, 0.29) is 12.5 Å². The largest absolute Gasteiger partial charge is 0.497 e. The topological polar surface area (TPSA) is 82.3 Å². The highest BCUT2D eigenvalue weighted by Gasteiger charge is 2.11. The first-order valence-corrected chi connectivity index (χ1v) is 8.72. The van der Waals surface area contributed by atoms with Crippen LogP contribution in [0.15, 0.2) is 64.4 Å². The number of aryl methyl sites for hydroxylation is 2. The predicted molar refractivity (Wildman–Crippen MR) is 107 cm³/mol. The van der Waals surface area contributed by atoms with Crippen LogP contribution in [0.5, 0.6) is 5.75 Å². The number of amides is 1. The number of hydrogen-bond donors (Lipinski definition) is 1. The third-order valence-corrected chi connectivity index (χ3v) is 4.21. The minimum Gasteiger partial charge on any atom is -0.497 e. The van der Waals surface area contributed by atoms with Gasteiger partial charge in [-0.25, -0.2) is 0 Å². The van der Waals surface area contributed by atoms with Gasteiger partial charge in [-0.1, -0.05) is 12.1 Å². The van der Waals surface area contributed by atoms with Gasteiger partial charge in [-0.3, -0.25) is 23.5 Å². The Morgan fingerprint density at radius 1 is 1.00 bits per heavy atom. The van der Waals surface area contributed by atoms with E-state index in [4.69, 9.17) is 4.74 Å². The van der Waals surface area contributed by atoms with Gasteiger partial charge in [0, 0.05) is 24.1 Å². The molecule has 1 amide bonds. The molecule has 7 heteroatoms. The van der Waals surface area contributed by atoms with Crippen LogP contribution in [-0.2, 0) is 11.3 Å². The molecule has 0 saturated heterocycles. The lowest BCUT2D eigenvalue weighted by atomic mass is 10.1. The summed E-state index contributed by atoms with van der Waals surface area (Å²) in [6, 6.07) is 12.5. The maximum absolute atomic E-state index is 12.5. The van der Waals surface area contributed by atoms with Crippen LogP contribution in [0.3, 0.4) is 0 Å². The maximum Gasteiger partial charge on any atom is 0.320 e. The van der Waals surface area contributed by atoms with E-state index in [2.05, 4.69) is 5.32 Å². The third kappa shape index (κ3) is 4.20. The van der Waals surface area contributed by atoms with Gasteiger partial charge in [0.05, 0.1) is 12.8 Å². The van der Waals surface area contributed by atoms with Crippen molar-refractivity contribution >= 4 is 11.6 Å². The van der Waals surface area contributed by atoms with E-state index in [1.165, 1.54) is 24.1 Å². The van der Waals surface area contributed by atoms with Crippen LogP contribution in [0.1, 0.15) is 11.1 Å². The number of nitrogens with zero attached hydrogens (tertiary/aromatic N) is 2. The van der Waals surface area contributed by atoms with Gasteiger partial charge in [-0.15, -0.1) is 0 Å². The van der Waals surface area contributed by atoms with E-state index in [0.29, 0.717) is 17.1 Å². The van der Waals surface area contributed by atoms with Crippen molar-refractivity contribution in [3.8, 4) is 11.4 Å². The van der Waals surface area contributed by atoms with E-state index in [0.717, 1.165) is 15.7 Å². The van der Waals surface area contributed by atoms with Gasteiger partial charge in [-0.2, -0.15) is 0 Å². The second kappa shape index (κ2) is 7.96. The van der Waals surface area contributed by atoms with E-state index in [1.807, 2.05) is 32.0 Å². The summed E-state index contributed by atoms with van der Waals surface area (Å²) in [5.74, 6) is 0.187. The highest BCUT2D eigenvalue weighted by Crippen LogP contribution is 2.15. The second-order valence-electron chi connectivity index (χ2n) is 6.53. The van der Waals surface area contributed by atoms with Gasteiger partial charge < -0.3 is 10.1 Å². The molecule has 0 radical (unpaired) electrons. The number of benzene rings is 2. The van der Waals surface area contributed by atoms with Crippen molar-refractivity contribution in [3.63, 3.8) is 0 Å². The van der Waals surface area contributed by atoms with E-state index in [9.17, 15) is 14.4 Å². The average Bonchev–Trinajstić information content (AvgIpc) is 2.65. The molecule has 0 aliphatic rings.